The largest absolute Gasteiger partial charge is 0.465 e. The third-order valence-corrected chi connectivity index (χ3v) is 6.40. The van der Waals surface area contributed by atoms with Crippen LogP contribution in [0.5, 0.6) is 0 Å². The summed E-state index contributed by atoms with van der Waals surface area (Å²) >= 11 is 0. The zero-order valence-electron chi connectivity index (χ0n) is 19.2. The van der Waals surface area contributed by atoms with Gasteiger partial charge in [-0.1, -0.05) is 13.0 Å². The predicted molar refractivity (Wildman–Crippen MR) is 126 cm³/mol. The van der Waals surface area contributed by atoms with E-state index in [0.717, 1.165) is 35.9 Å². The lowest BCUT2D eigenvalue weighted by Gasteiger charge is -2.39. The van der Waals surface area contributed by atoms with Gasteiger partial charge in [-0.3, -0.25) is 9.78 Å². The van der Waals surface area contributed by atoms with Crippen LogP contribution >= 0.6 is 0 Å². The quantitative estimate of drug-likeness (QED) is 0.414. The highest BCUT2D eigenvalue weighted by Gasteiger charge is 2.36. The van der Waals surface area contributed by atoms with E-state index in [4.69, 9.17) is 10.8 Å². The van der Waals surface area contributed by atoms with E-state index < -0.39 is 52.8 Å². The molecular weight excluding hydrogens is 475 g/mol. The number of aromatic nitrogens is 2. The molecule has 4 atom stereocenters. The fourth-order valence-corrected chi connectivity index (χ4v) is 4.75. The molecule has 4 rings (SSSR count). The Bertz CT molecular complexity index is 1270. The summed E-state index contributed by atoms with van der Waals surface area (Å²) in [5.74, 6) is -3.87. The van der Waals surface area contributed by atoms with Crippen molar-refractivity contribution in [1.82, 2.24) is 15.3 Å². The second kappa shape index (κ2) is 10.3. The first-order valence-corrected chi connectivity index (χ1v) is 11.3. The average molecular weight is 499 g/mol. The second-order valence-electron chi connectivity index (χ2n) is 8.83. The Hall–Kier alpha value is -3.99. The number of benzene rings is 1. The molecule has 1 aliphatic rings. The van der Waals surface area contributed by atoms with Gasteiger partial charge in [0.15, 0.2) is 0 Å². The summed E-state index contributed by atoms with van der Waals surface area (Å²) in [6, 6.07) is 6.02. The number of carbonyl (C=O) groups is 2. The van der Waals surface area contributed by atoms with Gasteiger partial charge in [-0.2, -0.15) is 0 Å². The first-order valence-electron chi connectivity index (χ1n) is 11.3. The molecule has 36 heavy (non-hydrogen) atoms. The summed E-state index contributed by atoms with van der Waals surface area (Å²) in [6.45, 7) is 1.90. The molecule has 0 saturated heterocycles. The maximum atomic E-state index is 14.4. The number of nitrogens with zero attached hydrogens (tertiary/aromatic N) is 2. The molecule has 5 N–H and O–H groups in total. The Morgan fingerprint density at radius 2 is 1.78 bits per heavy atom. The van der Waals surface area contributed by atoms with Gasteiger partial charge < -0.3 is 21.5 Å². The number of nitrogens with two attached hydrogens (primary N) is 1. The molecule has 0 radical (unpaired) electrons. The van der Waals surface area contributed by atoms with Gasteiger partial charge in [0, 0.05) is 18.3 Å². The number of rotatable bonds is 5. The van der Waals surface area contributed by atoms with Crippen LogP contribution in [0.25, 0.3) is 11.3 Å². The molecule has 1 fully saturated rings. The summed E-state index contributed by atoms with van der Waals surface area (Å²) in [5, 5.41) is 14.3. The van der Waals surface area contributed by atoms with Gasteiger partial charge in [-0.05, 0) is 60.6 Å². The minimum atomic E-state index is -1.14. The Balaban J connectivity index is 1.59. The molecule has 2 aromatic heterocycles. The second-order valence-corrected chi connectivity index (χ2v) is 8.83. The highest BCUT2D eigenvalue weighted by Crippen LogP contribution is 2.38. The zero-order valence-corrected chi connectivity index (χ0v) is 19.2. The Labute approximate surface area is 204 Å². The van der Waals surface area contributed by atoms with Crippen LogP contribution in [0, 0.1) is 23.4 Å². The standard InChI is InChI=1S/C25H24F3N5O3/c1-12-9-13(10-18(29)22(12)33-25(35)36)14-7-8-30-11-20(14)32-24(34)19-6-5-17(28)23(31-19)21-15(26)3-2-4-16(21)27/h2-8,11-13,18,22,33H,9-10,29H2,1H3,(H,32,34)(H,35,36)/t12-,13+,18+,22-/m1/s1. The fourth-order valence-electron chi connectivity index (χ4n) is 4.75. The number of carbonyl (C=O) groups excluding carboxylic acids is 1. The lowest BCUT2D eigenvalue weighted by Crippen LogP contribution is -2.54. The van der Waals surface area contributed by atoms with Crippen LogP contribution in [0.15, 0.2) is 48.8 Å². The van der Waals surface area contributed by atoms with Crippen molar-refractivity contribution in [1.29, 1.82) is 0 Å². The highest BCUT2D eigenvalue weighted by molar-refractivity contribution is 6.03. The number of pyridine rings is 2. The van der Waals surface area contributed by atoms with Gasteiger partial charge in [0.05, 0.1) is 17.4 Å². The number of hydrogen-bond donors (Lipinski definition) is 4. The molecule has 0 aliphatic heterocycles. The summed E-state index contributed by atoms with van der Waals surface area (Å²) in [7, 11) is 0. The predicted octanol–water partition coefficient (Wildman–Crippen LogP) is 4.29. The Morgan fingerprint density at radius 3 is 2.44 bits per heavy atom. The van der Waals surface area contributed by atoms with Gasteiger partial charge in [0.25, 0.3) is 5.91 Å². The smallest absolute Gasteiger partial charge is 0.404 e. The molecule has 2 heterocycles. The van der Waals surface area contributed by atoms with E-state index in [1.165, 1.54) is 6.20 Å². The molecule has 11 heteroatoms. The average Bonchev–Trinajstić information content (AvgIpc) is 2.82. The van der Waals surface area contributed by atoms with Crippen molar-refractivity contribution >= 4 is 17.7 Å². The molecular formula is C25H24F3N5O3. The molecule has 8 nitrogen and oxygen atoms in total. The number of nitrogens with one attached hydrogen (secondary N) is 2. The minimum Gasteiger partial charge on any atom is -0.465 e. The van der Waals surface area contributed by atoms with Crippen molar-refractivity contribution in [3.63, 3.8) is 0 Å². The number of amides is 2. The lowest BCUT2D eigenvalue weighted by atomic mass is 9.73. The first-order chi connectivity index (χ1) is 17.2. The SMILES string of the molecule is C[C@@H]1C[C@H](c2ccncc2NC(=O)c2ccc(F)c(-c3c(F)cccc3F)n2)C[C@H](N)[C@@H]1NC(=O)O. The van der Waals surface area contributed by atoms with Gasteiger partial charge >= 0.3 is 6.09 Å². The molecule has 1 aromatic carbocycles. The molecule has 0 spiro atoms. The fraction of sp³-hybridized carbons (Fsp3) is 0.280. The topological polar surface area (TPSA) is 130 Å². The van der Waals surface area contributed by atoms with E-state index in [1.54, 1.807) is 12.3 Å². The van der Waals surface area contributed by atoms with E-state index in [-0.39, 0.29) is 17.5 Å². The molecule has 1 aliphatic carbocycles. The van der Waals surface area contributed by atoms with Gasteiger partial charge in [-0.25, -0.2) is 22.9 Å². The van der Waals surface area contributed by atoms with E-state index in [2.05, 4.69) is 20.6 Å². The molecule has 3 aromatic rings. The van der Waals surface area contributed by atoms with Gasteiger partial charge in [0.1, 0.15) is 28.8 Å². The molecule has 0 bridgehead atoms. The van der Waals surface area contributed by atoms with E-state index in [1.807, 2.05) is 6.92 Å². The first kappa shape index (κ1) is 25.1. The minimum absolute atomic E-state index is 0.0662. The van der Waals surface area contributed by atoms with Crippen molar-refractivity contribution < 1.29 is 27.9 Å². The van der Waals surface area contributed by atoms with Crippen LogP contribution in [0.2, 0.25) is 0 Å². The normalized spacial score (nSPS) is 21.6. The third-order valence-electron chi connectivity index (χ3n) is 6.40. The van der Waals surface area contributed by atoms with E-state index >= 15 is 0 Å². The number of halogens is 3. The van der Waals surface area contributed by atoms with Crippen molar-refractivity contribution in [3.8, 4) is 11.3 Å². The highest BCUT2D eigenvalue weighted by atomic mass is 19.1. The maximum absolute atomic E-state index is 14.4. The summed E-state index contributed by atoms with van der Waals surface area (Å²) < 4.78 is 42.8. The molecule has 0 unspecified atom stereocenters. The van der Waals surface area contributed by atoms with Crippen LogP contribution in [0.3, 0.4) is 0 Å². The van der Waals surface area contributed by atoms with Crippen LogP contribution < -0.4 is 16.4 Å². The van der Waals surface area contributed by atoms with Crippen molar-refractivity contribution in [2.24, 2.45) is 11.7 Å². The number of hydrogen-bond acceptors (Lipinski definition) is 5. The van der Waals surface area contributed by atoms with Crippen molar-refractivity contribution in [2.75, 3.05) is 5.32 Å². The maximum Gasteiger partial charge on any atom is 0.404 e. The Morgan fingerprint density at radius 1 is 1.06 bits per heavy atom. The van der Waals surface area contributed by atoms with Gasteiger partial charge in [-0.15, -0.1) is 0 Å². The van der Waals surface area contributed by atoms with E-state index in [9.17, 15) is 22.8 Å². The van der Waals surface area contributed by atoms with Crippen LogP contribution in [0.1, 0.15) is 41.7 Å². The molecule has 1 saturated carbocycles. The third kappa shape index (κ3) is 5.15. The summed E-state index contributed by atoms with van der Waals surface area (Å²) in [6.07, 6.45) is 2.95. The van der Waals surface area contributed by atoms with Crippen LogP contribution in [-0.2, 0) is 0 Å². The monoisotopic (exact) mass is 499 g/mol. The van der Waals surface area contributed by atoms with Crippen molar-refractivity contribution in [3.05, 3.63) is 77.5 Å². The molecule has 188 valence electrons. The zero-order chi connectivity index (χ0) is 26.0. The van der Waals surface area contributed by atoms with Crippen LogP contribution in [-0.4, -0.2) is 39.2 Å². The van der Waals surface area contributed by atoms with Gasteiger partial charge in [0.2, 0.25) is 0 Å². The van der Waals surface area contributed by atoms with Crippen LogP contribution in [0.4, 0.5) is 23.7 Å². The lowest BCUT2D eigenvalue weighted by molar-refractivity contribution is 0.102. The number of anilines is 1. The van der Waals surface area contributed by atoms with Crippen molar-refractivity contribution in [2.45, 2.75) is 37.8 Å². The molecule has 2 amide bonds. The number of carboxylic acid groups (broad SMARTS) is 1. The summed E-state index contributed by atoms with van der Waals surface area (Å²) in [5.41, 5.74) is 5.86. The van der Waals surface area contributed by atoms with E-state index in [0.29, 0.717) is 18.5 Å². The summed E-state index contributed by atoms with van der Waals surface area (Å²) in [4.78, 5) is 32.1. The Kier molecular flexibility index (Phi) is 7.20.